The van der Waals surface area contributed by atoms with Gasteiger partial charge in [-0.25, -0.2) is 13.4 Å². The molecule has 0 spiro atoms. The minimum atomic E-state index is -3.37. The molecule has 2 aromatic carbocycles. The zero-order chi connectivity index (χ0) is 24.6. The maximum absolute atomic E-state index is 13.0. The van der Waals surface area contributed by atoms with E-state index in [0.29, 0.717) is 40.6 Å². The summed E-state index contributed by atoms with van der Waals surface area (Å²) in [5.74, 6) is -0.319. The first kappa shape index (κ1) is 23.5. The van der Waals surface area contributed by atoms with E-state index in [4.69, 9.17) is 23.2 Å². The number of hydrogen-bond donors (Lipinski definition) is 1. The number of aromatic nitrogens is 2. The normalized spacial score (nSPS) is 15.2. The molecule has 0 bridgehead atoms. The Morgan fingerprint density at radius 1 is 0.943 bits per heavy atom. The average Bonchev–Trinajstić information content (AvgIpc) is 2.84. The molecule has 1 aliphatic rings. The van der Waals surface area contributed by atoms with Crippen molar-refractivity contribution in [2.24, 2.45) is 0 Å². The molecule has 0 radical (unpaired) electrons. The summed E-state index contributed by atoms with van der Waals surface area (Å²) in [5, 5.41) is 3.49. The zero-order valence-corrected chi connectivity index (χ0v) is 20.7. The molecule has 1 saturated heterocycles. The van der Waals surface area contributed by atoms with Gasteiger partial charge in [-0.2, -0.15) is 0 Å². The molecule has 3 heterocycles. The lowest BCUT2D eigenvalue weighted by Crippen LogP contribution is -2.37. The third-order valence-corrected chi connectivity index (χ3v) is 8.30. The van der Waals surface area contributed by atoms with Gasteiger partial charge in [0, 0.05) is 24.0 Å². The van der Waals surface area contributed by atoms with Crippen LogP contribution in [0.2, 0.25) is 10.0 Å². The summed E-state index contributed by atoms with van der Waals surface area (Å²) >= 11 is 12.8. The van der Waals surface area contributed by atoms with Crippen molar-refractivity contribution in [2.45, 2.75) is 12.8 Å². The second-order valence-corrected chi connectivity index (χ2v) is 11.0. The lowest BCUT2D eigenvalue weighted by atomic mass is 10.1. The zero-order valence-electron chi connectivity index (χ0n) is 18.4. The number of amides is 1. The van der Waals surface area contributed by atoms with Crippen LogP contribution in [0, 0.1) is 0 Å². The van der Waals surface area contributed by atoms with E-state index in [9.17, 15) is 13.2 Å². The van der Waals surface area contributed by atoms with E-state index >= 15 is 0 Å². The minimum absolute atomic E-state index is 0.105. The van der Waals surface area contributed by atoms with Crippen molar-refractivity contribution in [3.8, 4) is 11.3 Å². The molecule has 7 nitrogen and oxygen atoms in total. The molecule has 0 saturated carbocycles. The van der Waals surface area contributed by atoms with E-state index in [1.807, 2.05) is 24.3 Å². The van der Waals surface area contributed by atoms with Crippen molar-refractivity contribution < 1.29 is 13.2 Å². The Bertz CT molecular complexity index is 1560. The van der Waals surface area contributed by atoms with E-state index in [-0.39, 0.29) is 16.3 Å². The maximum atomic E-state index is 13.0. The van der Waals surface area contributed by atoms with Crippen molar-refractivity contribution in [1.29, 1.82) is 0 Å². The lowest BCUT2D eigenvalue weighted by Gasteiger charge is -2.28. The number of fused-ring (bicyclic) bond motifs is 1. The van der Waals surface area contributed by atoms with Gasteiger partial charge >= 0.3 is 0 Å². The average molecular weight is 527 g/mol. The van der Waals surface area contributed by atoms with Crippen LogP contribution < -0.4 is 9.62 Å². The number of sulfonamides is 1. The first-order valence-corrected chi connectivity index (χ1v) is 13.3. The fourth-order valence-corrected chi connectivity index (χ4v) is 6.13. The van der Waals surface area contributed by atoms with E-state index in [1.165, 1.54) is 16.4 Å². The van der Waals surface area contributed by atoms with Gasteiger partial charge in [0.1, 0.15) is 0 Å². The van der Waals surface area contributed by atoms with Crippen LogP contribution in [0.4, 0.5) is 11.4 Å². The molecule has 1 fully saturated rings. The van der Waals surface area contributed by atoms with E-state index in [1.54, 1.807) is 30.5 Å². The number of benzene rings is 2. The maximum Gasteiger partial charge on any atom is 0.257 e. The molecule has 0 unspecified atom stereocenters. The van der Waals surface area contributed by atoms with Gasteiger partial charge in [0.15, 0.2) is 0 Å². The third-order valence-electron chi connectivity index (χ3n) is 5.79. The number of anilines is 2. The number of nitrogens with zero attached hydrogens (tertiary/aromatic N) is 3. The molecule has 10 heteroatoms. The second kappa shape index (κ2) is 9.45. The Labute approximate surface area is 212 Å². The summed E-state index contributed by atoms with van der Waals surface area (Å²) in [6, 6.07) is 17.1. The van der Waals surface area contributed by atoms with Crippen LogP contribution in [0.5, 0.6) is 0 Å². The number of nitrogens with one attached hydrogen (secondary N) is 1. The Kier molecular flexibility index (Phi) is 6.35. The minimum Gasteiger partial charge on any atom is -0.322 e. The molecule has 35 heavy (non-hydrogen) atoms. The Balaban J connectivity index is 1.40. The number of pyridine rings is 2. The largest absolute Gasteiger partial charge is 0.322 e. The predicted molar refractivity (Wildman–Crippen MR) is 140 cm³/mol. The summed E-state index contributed by atoms with van der Waals surface area (Å²) in [7, 11) is -3.37. The van der Waals surface area contributed by atoms with Crippen LogP contribution in [0.15, 0.2) is 66.9 Å². The number of rotatable bonds is 4. The predicted octanol–water partition coefficient (Wildman–Crippen LogP) is 5.79. The molecule has 2 aromatic heterocycles. The van der Waals surface area contributed by atoms with Gasteiger partial charge in [-0.05, 0) is 73.5 Å². The summed E-state index contributed by atoms with van der Waals surface area (Å²) in [4.78, 5) is 21.9. The fraction of sp³-hybridized carbons (Fsp3) is 0.160. The Hall–Kier alpha value is -3.20. The number of carbonyl (C=O) groups is 1. The molecule has 1 amide bonds. The Morgan fingerprint density at radius 2 is 1.80 bits per heavy atom. The number of halogens is 2. The van der Waals surface area contributed by atoms with Crippen LogP contribution in [-0.4, -0.2) is 36.6 Å². The highest BCUT2D eigenvalue weighted by Crippen LogP contribution is 2.32. The Morgan fingerprint density at radius 3 is 2.60 bits per heavy atom. The van der Waals surface area contributed by atoms with Crippen molar-refractivity contribution >= 4 is 61.5 Å². The van der Waals surface area contributed by atoms with Gasteiger partial charge in [-0.1, -0.05) is 23.2 Å². The SMILES string of the molecule is O=C(Nc1ccc(Cl)c(-c2ccc3ncccc3n2)c1)c1ccc(N2CCCCS2(=O)=O)cc1Cl. The van der Waals surface area contributed by atoms with Gasteiger partial charge in [-0.3, -0.25) is 14.1 Å². The van der Waals surface area contributed by atoms with Crippen molar-refractivity contribution in [3.05, 3.63) is 82.5 Å². The van der Waals surface area contributed by atoms with Gasteiger partial charge < -0.3 is 5.32 Å². The molecule has 5 rings (SSSR count). The molecular weight excluding hydrogens is 507 g/mol. The van der Waals surface area contributed by atoms with Crippen molar-refractivity contribution in [1.82, 2.24) is 9.97 Å². The quantitative estimate of drug-likeness (QED) is 0.363. The molecule has 0 atom stereocenters. The first-order valence-electron chi connectivity index (χ1n) is 10.9. The van der Waals surface area contributed by atoms with E-state index in [2.05, 4.69) is 15.3 Å². The molecular formula is C25H20Cl2N4O3S. The topological polar surface area (TPSA) is 92.3 Å². The van der Waals surface area contributed by atoms with Crippen molar-refractivity contribution in [3.63, 3.8) is 0 Å². The van der Waals surface area contributed by atoms with Gasteiger partial charge in [0.25, 0.3) is 5.91 Å². The van der Waals surface area contributed by atoms with Gasteiger partial charge in [0.05, 0.1) is 43.8 Å². The molecule has 1 aliphatic heterocycles. The highest BCUT2D eigenvalue weighted by molar-refractivity contribution is 7.92. The molecule has 178 valence electrons. The fourth-order valence-electron chi connectivity index (χ4n) is 4.03. The number of carbonyl (C=O) groups excluding carboxylic acids is 1. The van der Waals surface area contributed by atoms with Crippen LogP contribution in [0.1, 0.15) is 23.2 Å². The van der Waals surface area contributed by atoms with E-state index in [0.717, 1.165) is 17.5 Å². The van der Waals surface area contributed by atoms with Gasteiger partial charge in [0.2, 0.25) is 10.0 Å². The lowest BCUT2D eigenvalue weighted by molar-refractivity contribution is 0.102. The van der Waals surface area contributed by atoms with Gasteiger partial charge in [-0.15, -0.1) is 0 Å². The van der Waals surface area contributed by atoms with Crippen molar-refractivity contribution in [2.75, 3.05) is 21.9 Å². The van der Waals surface area contributed by atoms with E-state index < -0.39 is 15.9 Å². The smallest absolute Gasteiger partial charge is 0.257 e. The number of hydrogen-bond acceptors (Lipinski definition) is 5. The van der Waals surface area contributed by atoms with Crippen LogP contribution in [0.3, 0.4) is 0 Å². The highest BCUT2D eigenvalue weighted by atomic mass is 35.5. The summed E-state index contributed by atoms with van der Waals surface area (Å²) < 4.78 is 26.1. The van der Waals surface area contributed by atoms with Crippen LogP contribution >= 0.6 is 23.2 Å². The second-order valence-electron chi connectivity index (χ2n) is 8.15. The standard InChI is InChI=1S/C25H20Cl2N4O3S/c26-20-8-5-16(14-19(20)22-9-10-23-24(30-22)4-3-11-28-23)29-25(32)18-7-6-17(15-21(18)27)31-12-1-2-13-35(31,33)34/h3-11,14-15H,1-2,12-13H2,(H,29,32). The van der Waals surface area contributed by atoms with Crippen LogP contribution in [0.25, 0.3) is 22.3 Å². The third kappa shape index (κ3) is 4.82. The first-order chi connectivity index (χ1) is 16.8. The highest BCUT2D eigenvalue weighted by Gasteiger charge is 2.27. The monoisotopic (exact) mass is 526 g/mol. The summed E-state index contributed by atoms with van der Waals surface area (Å²) in [6.07, 6.45) is 3.12. The summed E-state index contributed by atoms with van der Waals surface area (Å²) in [5.41, 5.74) is 4.02. The molecule has 4 aromatic rings. The molecule has 0 aliphatic carbocycles. The summed E-state index contributed by atoms with van der Waals surface area (Å²) in [6.45, 7) is 0.399. The molecule has 1 N–H and O–H groups in total. The van der Waals surface area contributed by atoms with Crippen LogP contribution in [-0.2, 0) is 10.0 Å².